The first-order valence-electron chi connectivity index (χ1n) is 8.53. The van der Waals surface area contributed by atoms with Crippen LogP contribution >= 0.6 is 11.6 Å². The number of rotatable bonds is 7. The fourth-order valence-corrected chi connectivity index (χ4v) is 4.16. The van der Waals surface area contributed by atoms with Crippen LogP contribution in [0, 0.1) is 0 Å². The van der Waals surface area contributed by atoms with Gasteiger partial charge in [0.1, 0.15) is 10.6 Å². The summed E-state index contributed by atoms with van der Waals surface area (Å²) < 4.78 is 33.3. The molecule has 0 radical (unpaired) electrons. The van der Waals surface area contributed by atoms with Crippen molar-refractivity contribution in [1.29, 1.82) is 0 Å². The Hall–Kier alpha value is -3.10. The number of pyridine rings is 1. The summed E-state index contributed by atoms with van der Waals surface area (Å²) in [5.41, 5.74) is 1.30. The summed E-state index contributed by atoms with van der Waals surface area (Å²) in [7, 11) is -2.61. The van der Waals surface area contributed by atoms with Gasteiger partial charge in [0.25, 0.3) is 15.9 Å². The Morgan fingerprint density at radius 2 is 1.83 bits per heavy atom. The molecule has 0 saturated carbocycles. The van der Waals surface area contributed by atoms with E-state index in [-0.39, 0.29) is 27.7 Å². The van der Waals surface area contributed by atoms with Crippen LogP contribution in [0.1, 0.15) is 15.9 Å². The maximum Gasteiger partial charge on any atom is 0.263 e. The average molecular weight is 432 g/mol. The number of para-hydroxylation sites is 2. The van der Waals surface area contributed by atoms with Crippen LogP contribution in [-0.2, 0) is 16.6 Å². The number of carbonyl (C=O) groups excluding carboxylic acids is 1. The van der Waals surface area contributed by atoms with E-state index in [0.29, 0.717) is 5.75 Å². The number of nitrogens with zero attached hydrogens (tertiary/aromatic N) is 1. The summed E-state index contributed by atoms with van der Waals surface area (Å²) in [6, 6.07) is 14.2. The molecule has 150 valence electrons. The Morgan fingerprint density at radius 1 is 1.10 bits per heavy atom. The van der Waals surface area contributed by atoms with Crippen molar-refractivity contribution in [3.8, 4) is 5.75 Å². The molecule has 0 aliphatic carbocycles. The van der Waals surface area contributed by atoms with E-state index in [9.17, 15) is 13.2 Å². The Labute approximate surface area is 173 Å². The second-order valence-corrected chi connectivity index (χ2v) is 8.05. The van der Waals surface area contributed by atoms with Crippen molar-refractivity contribution < 1.29 is 17.9 Å². The molecule has 3 rings (SSSR count). The molecule has 0 fully saturated rings. The highest BCUT2D eigenvalue weighted by atomic mass is 35.5. The lowest BCUT2D eigenvalue weighted by molar-refractivity contribution is 0.0950. The highest BCUT2D eigenvalue weighted by Crippen LogP contribution is 2.29. The van der Waals surface area contributed by atoms with Gasteiger partial charge in [-0.2, -0.15) is 0 Å². The topological polar surface area (TPSA) is 97.4 Å². The largest absolute Gasteiger partial charge is 0.495 e. The minimum Gasteiger partial charge on any atom is -0.495 e. The summed E-state index contributed by atoms with van der Waals surface area (Å²) in [4.78, 5) is 16.2. The maximum atomic E-state index is 12.9. The molecule has 0 aliphatic rings. The predicted molar refractivity (Wildman–Crippen MR) is 111 cm³/mol. The molecular weight excluding hydrogens is 414 g/mol. The molecule has 0 aliphatic heterocycles. The number of aromatic nitrogens is 1. The molecule has 0 spiro atoms. The average Bonchev–Trinajstić information content (AvgIpc) is 2.73. The molecule has 0 bridgehead atoms. The van der Waals surface area contributed by atoms with Gasteiger partial charge in [-0.25, -0.2) is 8.42 Å². The van der Waals surface area contributed by atoms with Gasteiger partial charge in [-0.15, -0.1) is 0 Å². The van der Waals surface area contributed by atoms with E-state index in [1.807, 2.05) is 0 Å². The number of nitrogens with one attached hydrogen (secondary N) is 2. The van der Waals surface area contributed by atoms with Gasteiger partial charge >= 0.3 is 0 Å². The zero-order valence-electron chi connectivity index (χ0n) is 15.4. The smallest absolute Gasteiger partial charge is 0.263 e. The van der Waals surface area contributed by atoms with Gasteiger partial charge in [0, 0.05) is 24.5 Å². The van der Waals surface area contributed by atoms with Gasteiger partial charge < -0.3 is 10.1 Å². The van der Waals surface area contributed by atoms with Crippen LogP contribution in [0.2, 0.25) is 5.02 Å². The second kappa shape index (κ2) is 8.93. The highest BCUT2D eigenvalue weighted by Gasteiger charge is 2.21. The number of methoxy groups -OCH3 is 1. The van der Waals surface area contributed by atoms with Crippen LogP contribution in [-0.4, -0.2) is 26.4 Å². The monoisotopic (exact) mass is 431 g/mol. The normalized spacial score (nSPS) is 11.0. The maximum absolute atomic E-state index is 12.9. The quantitative estimate of drug-likeness (QED) is 0.597. The SMILES string of the molecule is COc1ccccc1NS(=O)(=O)c1cc(C(=O)NCc2ccncc2)ccc1Cl. The summed E-state index contributed by atoms with van der Waals surface area (Å²) >= 11 is 6.11. The van der Waals surface area contributed by atoms with Crippen molar-refractivity contribution in [3.05, 3.63) is 83.1 Å². The third kappa shape index (κ3) is 5.04. The van der Waals surface area contributed by atoms with E-state index in [0.717, 1.165) is 5.56 Å². The number of carbonyl (C=O) groups is 1. The van der Waals surface area contributed by atoms with E-state index >= 15 is 0 Å². The van der Waals surface area contributed by atoms with Crippen molar-refractivity contribution in [2.24, 2.45) is 0 Å². The van der Waals surface area contributed by atoms with E-state index in [1.165, 1.54) is 25.3 Å². The van der Waals surface area contributed by atoms with E-state index in [1.54, 1.807) is 48.8 Å². The molecule has 9 heteroatoms. The number of halogens is 1. The number of amides is 1. The van der Waals surface area contributed by atoms with Crippen molar-refractivity contribution >= 4 is 33.2 Å². The molecule has 1 heterocycles. The first kappa shape index (κ1) is 20.6. The molecule has 2 aromatic carbocycles. The van der Waals surface area contributed by atoms with Gasteiger partial charge in [-0.1, -0.05) is 23.7 Å². The molecule has 29 heavy (non-hydrogen) atoms. The third-order valence-electron chi connectivity index (χ3n) is 4.04. The number of hydrogen-bond acceptors (Lipinski definition) is 5. The lowest BCUT2D eigenvalue weighted by Gasteiger charge is -2.13. The predicted octanol–water partition coefficient (Wildman–Crippen LogP) is 3.47. The summed E-state index contributed by atoms with van der Waals surface area (Å²) in [5.74, 6) is -0.0642. The second-order valence-electron chi connectivity index (χ2n) is 5.99. The highest BCUT2D eigenvalue weighted by molar-refractivity contribution is 7.92. The molecular formula is C20H18ClN3O4S. The van der Waals surface area contributed by atoms with Crippen LogP contribution in [0.5, 0.6) is 5.75 Å². The number of anilines is 1. The third-order valence-corrected chi connectivity index (χ3v) is 5.88. The number of hydrogen-bond donors (Lipinski definition) is 2. The van der Waals surface area contributed by atoms with Crippen molar-refractivity contribution in [2.45, 2.75) is 11.4 Å². The Morgan fingerprint density at radius 3 is 2.55 bits per heavy atom. The van der Waals surface area contributed by atoms with Crippen LogP contribution in [0.25, 0.3) is 0 Å². The van der Waals surface area contributed by atoms with Crippen molar-refractivity contribution in [2.75, 3.05) is 11.8 Å². The standard InChI is InChI=1S/C20H18ClN3O4S/c1-28-18-5-3-2-4-17(18)24-29(26,27)19-12-15(6-7-16(19)21)20(25)23-13-14-8-10-22-11-9-14/h2-12,24H,13H2,1H3,(H,23,25). The summed E-state index contributed by atoms with van der Waals surface area (Å²) in [5, 5.41) is 2.73. The molecule has 0 atom stereocenters. The van der Waals surface area contributed by atoms with E-state index in [2.05, 4.69) is 15.0 Å². The van der Waals surface area contributed by atoms with Crippen molar-refractivity contribution in [3.63, 3.8) is 0 Å². The van der Waals surface area contributed by atoms with E-state index < -0.39 is 15.9 Å². The van der Waals surface area contributed by atoms with Crippen LogP contribution < -0.4 is 14.8 Å². The fraction of sp³-hybridized carbons (Fsp3) is 0.100. The van der Waals surface area contributed by atoms with Gasteiger partial charge in [0.2, 0.25) is 0 Å². The molecule has 0 saturated heterocycles. The molecule has 7 nitrogen and oxygen atoms in total. The molecule has 2 N–H and O–H groups in total. The zero-order chi connectivity index (χ0) is 20.9. The Balaban J connectivity index is 1.83. The molecule has 1 aromatic heterocycles. The number of ether oxygens (including phenoxy) is 1. The molecule has 1 amide bonds. The number of benzene rings is 2. The minimum absolute atomic E-state index is 0.00178. The van der Waals surface area contributed by atoms with Gasteiger partial charge in [-0.3, -0.25) is 14.5 Å². The van der Waals surface area contributed by atoms with Crippen LogP contribution in [0.15, 0.2) is 71.9 Å². The van der Waals surface area contributed by atoms with Gasteiger partial charge in [0.15, 0.2) is 0 Å². The van der Waals surface area contributed by atoms with Crippen LogP contribution in [0.3, 0.4) is 0 Å². The first-order valence-corrected chi connectivity index (χ1v) is 10.4. The lowest BCUT2D eigenvalue weighted by atomic mass is 10.2. The Kier molecular flexibility index (Phi) is 6.36. The molecule has 0 unspecified atom stereocenters. The first-order chi connectivity index (χ1) is 13.9. The fourth-order valence-electron chi connectivity index (χ4n) is 2.56. The summed E-state index contributed by atoms with van der Waals surface area (Å²) in [6.07, 6.45) is 3.25. The van der Waals surface area contributed by atoms with Gasteiger partial charge in [-0.05, 0) is 48.0 Å². The lowest BCUT2D eigenvalue weighted by Crippen LogP contribution is -2.23. The molecule has 3 aromatic rings. The minimum atomic E-state index is -4.05. The number of sulfonamides is 1. The van der Waals surface area contributed by atoms with Crippen LogP contribution in [0.4, 0.5) is 5.69 Å². The van der Waals surface area contributed by atoms with Crippen molar-refractivity contribution in [1.82, 2.24) is 10.3 Å². The van der Waals surface area contributed by atoms with E-state index in [4.69, 9.17) is 16.3 Å². The Bertz CT molecular complexity index is 1120. The zero-order valence-corrected chi connectivity index (χ0v) is 17.0. The van der Waals surface area contributed by atoms with Gasteiger partial charge in [0.05, 0.1) is 17.8 Å². The summed E-state index contributed by atoms with van der Waals surface area (Å²) in [6.45, 7) is 0.283.